The van der Waals surface area contributed by atoms with Gasteiger partial charge < -0.3 is 4.74 Å². The van der Waals surface area contributed by atoms with Crippen LogP contribution in [0.4, 0.5) is 8.78 Å². The molecule has 0 aromatic heterocycles. The van der Waals surface area contributed by atoms with E-state index in [1.54, 1.807) is 19.1 Å². The quantitative estimate of drug-likeness (QED) is 0.556. The minimum absolute atomic E-state index is 0.0432. The second-order valence-electron chi connectivity index (χ2n) is 8.74. The van der Waals surface area contributed by atoms with Gasteiger partial charge in [0.25, 0.3) is 0 Å². The number of benzene rings is 1. The zero-order chi connectivity index (χ0) is 19.4. The Balaban J connectivity index is 1.42. The van der Waals surface area contributed by atoms with Crippen molar-refractivity contribution in [2.45, 2.75) is 84.2 Å². The molecule has 27 heavy (non-hydrogen) atoms. The van der Waals surface area contributed by atoms with E-state index in [2.05, 4.69) is 6.92 Å². The summed E-state index contributed by atoms with van der Waals surface area (Å²) in [6.07, 6.45) is 10.0. The second-order valence-corrected chi connectivity index (χ2v) is 8.74. The van der Waals surface area contributed by atoms with E-state index in [4.69, 9.17) is 4.74 Å². The van der Waals surface area contributed by atoms with E-state index in [1.807, 2.05) is 0 Å². The van der Waals surface area contributed by atoms with Gasteiger partial charge in [0, 0.05) is 0 Å². The molecule has 1 saturated carbocycles. The van der Waals surface area contributed by atoms with E-state index in [0.29, 0.717) is 24.0 Å². The third-order valence-corrected chi connectivity index (χ3v) is 6.60. The average Bonchev–Trinajstić information content (AvgIpc) is 2.66. The standard InChI is InChI=1S/C23H32F2O2/c1-15-3-6-17(7-4-15)8-13-20-14-12-19(23(26)27-20)11-10-18-9-5-16(2)21(24)22(18)25/h5,9,15,17,19-20H,3-4,6-8,10-14H2,1-2H3. The molecule has 1 aromatic carbocycles. The number of esters is 1. The van der Waals surface area contributed by atoms with Gasteiger partial charge in [-0.25, -0.2) is 8.78 Å². The van der Waals surface area contributed by atoms with Crippen LogP contribution in [0, 0.1) is 36.3 Å². The molecular formula is C23H32F2O2. The number of cyclic esters (lactones) is 1. The number of halogens is 2. The van der Waals surface area contributed by atoms with Crippen LogP contribution in [0.2, 0.25) is 0 Å². The van der Waals surface area contributed by atoms with Crippen molar-refractivity contribution in [1.82, 2.24) is 0 Å². The highest BCUT2D eigenvalue weighted by Gasteiger charge is 2.30. The Hall–Kier alpha value is -1.45. The number of hydrogen-bond donors (Lipinski definition) is 0. The predicted octanol–water partition coefficient (Wildman–Crippen LogP) is 6.13. The molecule has 0 bridgehead atoms. The van der Waals surface area contributed by atoms with Gasteiger partial charge in [-0.15, -0.1) is 0 Å². The van der Waals surface area contributed by atoms with Crippen molar-refractivity contribution in [3.63, 3.8) is 0 Å². The van der Waals surface area contributed by atoms with Crippen molar-refractivity contribution in [2.24, 2.45) is 17.8 Å². The molecule has 1 saturated heterocycles. The third-order valence-electron chi connectivity index (χ3n) is 6.60. The van der Waals surface area contributed by atoms with Gasteiger partial charge in [-0.1, -0.05) is 44.7 Å². The molecule has 2 atom stereocenters. The third kappa shape index (κ3) is 5.30. The summed E-state index contributed by atoms with van der Waals surface area (Å²) >= 11 is 0. The van der Waals surface area contributed by atoms with Gasteiger partial charge >= 0.3 is 5.97 Å². The molecule has 2 unspecified atom stereocenters. The molecule has 1 aromatic rings. The SMILES string of the molecule is Cc1ccc(CCC2CCC(CCC3CCC(C)CC3)OC2=O)c(F)c1F. The normalized spacial score (nSPS) is 28.8. The first kappa shape index (κ1) is 20.3. The van der Waals surface area contributed by atoms with Crippen LogP contribution in [0.3, 0.4) is 0 Å². The maximum atomic E-state index is 14.0. The monoisotopic (exact) mass is 378 g/mol. The summed E-state index contributed by atoms with van der Waals surface area (Å²) in [5.74, 6) is -0.259. The highest BCUT2D eigenvalue weighted by Crippen LogP contribution is 2.33. The number of hydrogen-bond acceptors (Lipinski definition) is 2. The highest BCUT2D eigenvalue weighted by molar-refractivity contribution is 5.73. The first-order chi connectivity index (χ1) is 12.9. The van der Waals surface area contributed by atoms with Gasteiger partial charge in [0.05, 0.1) is 5.92 Å². The highest BCUT2D eigenvalue weighted by atomic mass is 19.2. The Morgan fingerprint density at radius 3 is 2.41 bits per heavy atom. The molecule has 0 radical (unpaired) electrons. The second kappa shape index (κ2) is 9.16. The Bertz CT molecular complexity index is 650. The summed E-state index contributed by atoms with van der Waals surface area (Å²) in [7, 11) is 0. The first-order valence-electron chi connectivity index (χ1n) is 10.6. The number of ether oxygens (including phenoxy) is 1. The van der Waals surface area contributed by atoms with Crippen molar-refractivity contribution in [2.75, 3.05) is 0 Å². The van der Waals surface area contributed by atoms with Crippen molar-refractivity contribution in [3.05, 3.63) is 34.9 Å². The molecule has 2 nitrogen and oxygen atoms in total. The van der Waals surface area contributed by atoms with Crippen LogP contribution in [0.5, 0.6) is 0 Å². The molecule has 2 aliphatic rings. The molecule has 0 amide bonds. The number of rotatable bonds is 6. The Morgan fingerprint density at radius 2 is 1.70 bits per heavy atom. The molecule has 2 fully saturated rings. The zero-order valence-electron chi connectivity index (χ0n) is 16.6. The van der Waals surface area contributed by atoms with Gasteiger partial charge in [0.15, 0.2) is 11.6 Å². The van der Waals surface area contributed by atoms with Gasteiger partial charge in [-0.2, -0.15) is 0 Å². The van der Waals surface area contributed by atoms with Crippen molar-refractivity contribution < 1.29 is 18.3 Å². The lowest BCUT2D eigenvalue weighted by atomic mass is 9.80. The minimum Gasteiger partial charge on any atom is -0.462 e. The smallest absolute Gasteiger partial charge is 0.309 e. The van der Waals surface area contributed by atoms with Gasteiger partial charge in [-0.05, 0) is 68.4 Å². The molecule has 4 heteroatoms. The van der Waals surface area contributed by atoms with Crippen LogP contribution >= 0.6 is 0 Å². The lowest BCUT2D eigenvalue weighted by Gasteiger charge is -2.31. The van der Waals surface area contributed by atoms with Gasteiger partial charge in [-0.3, -0.25) is 4.79 Å². The average molecular weight is 379 g/mol. The Morgan fingerprint density at radius 1 is 0.963 bits per heavy atom. The summed E-state index contributed by atoms with van der Waals surface area (Å²) in [4.78, 5) is 12.3. The van der Waals surface area contributed by atoms with E-state index < -0.39 is 11.6 Å². The van der Waals surface area contributed by atoms with Gasteiger partial charge in [0.2, 0.25) is 0 Å². The largest absolute Gasteiger partial charge is 0.462 e. The number of carbonyl (C=O) groups excluding carboxylic acids is 1. The summed E-state index contributed by atoms with van der Waals surface area (Å²) < 4.78 is 33.3. The fourth-order valence-electron chi connectivity index (χ4n) is 4.54. The molecule has 1 aliphatic heterocycles. The van der Waals surface area contributed by atoms with E-state index in [9.17, 15) is 13.6 Å². The number of carbonyl (C=O) groups is 1. The molecule has 1 heterocycles. The lowest BCUT2D eigenvalue weighted by Crippen LogP contribution is -2.32. The Labute approximate surface area is 161 Å². The maximum Gasteiger partial charge on any atom is 0.309 e. The van der Waals surface area contributed by atoms with E-state index in [0.717, 1.165) is 37.5 Å². The van der Waals surface area contributed by atoms with Crippen LogP contribution in [-0.4, -0.2) is 12.1 Å². The van der Waals surface area contributed by atoms with E-state index in [1.165, 1.54) is 25.7 Å². The maximum absolute atomic E-state index is 14.0. The van der Waals surface area contributed by atoms with Crippen LogP contribution in [0.15, 0.2) is 12.1 Å². The van der Waals surface area contributed by atoms with Crippen molar-refractivity contribution in [3.8, 4) is 0 Å². The van der Waals surface area contributed by atoms with Crippen molar-refractivity contribution >= 4 is 5.97 Å². The summed E-state index contributed by atoms with van der Waals surface area (Å²) in [6, 6.07) is 3.21. The van der Waals surface area contributed by atoms with Crippen LogP contribution < -0.4 is 0 Å². The van der Waals surface area contributed by atoms with Crippen molar-refractivity contribution in [1.29, 1.82) is 0 Å². The fraction of sp³-hybridized carbons (Fsp3) is 0.696. The molecule has 1 aliphatic carbocycles. The Kier molecular flexibility index (Phi) is 6.88. The lowest BCUT2D eigenvalue weighted by molar-refractivity contribution is -0.161. The van der Waals surface area contributed by atoms with E-state index >= 15 is 0 Å². The fourth-order valence-corrected chi connectivity index (χ4v) is 4.54. The summed E-state index contributed by atoms with van der Waals surface area (Å²) in [6.45, 7) is 3.88. The zero-order valence-corrected chi connectivity index (χ0v) is 16.6. The van der Waals surface area contributed by atoms with E-state index in [-0.39, 0.29) is 18.0 Å². The molecular weight excluding hydrogens is 346 g/mol. The molecule has 150 valence electrons. The summed E-state index contributed by atoms with van der Waals surface area (Å²) in [5.41, 5.74) is 0.656. The predicted molar refractivity (Wildman–Crippen MR) is 102 cm³/mol. The topological polar surface area (TPSA) is 26.3 Å². The molecule has 3 rings (SSSR count). The van der Waals surface area contributed by atoms with Crippen LogP contribution in [0.1, 0.15) is 75.8 Å². The minimum atomic E-state index is -0.782. The first-order valence-corrected chi connectivity index (χ1v) is 10.6. The van der Waals surface area contributed by atoms with Crippen LogP contribution in [-0.2, 0) is 16.0 Å². The van der Waals surface area contributed by atoms with Gasteiger partial charge in [0.1, 0.15) is 6.10 Å². The molecule has 0 N–H and O–H groups in total. The summed E-state index contributed by atoms with van der Waals surface area (Å²) in [5, 5.41) is 0. The molecule has 0 spiro atoms. The number of aryl methyl sites for hydroxylation is 2. The van der Waals surface area contributed by atoms with Crippen LogP contribution in [0.25, 0.3) is 0 Å².